The van der Waals surface area contributed by atoms with Crippen molar-refractivity contribution in [3.8, 4) is 28.4 Å². The van der Waals surface area contributed by atoms with Crippen LogP contribution in [0.2, 0.25) is 0 Å². The lowest BCUT2D eigenvalue weighted by atomic mass is 10.0. The fourth-order valence-corrected chi connectivity index (χ4v) is 3.98. The van der Waals surface area contributed by atoms with Gasteiger partial charge in [0.1, 0.15) is 0 Å². The molecule has 0 aliphatic carbocycles. The summed E-state index contributed by atoms with van der Waals surface area (Å²) in [6, 6.07) is 25.7. The number of nitrogens with zero attached hydrogens (tertiary/aromatic N) is 2. The summed E-state index contributed by atoms with van der Waals surface area (Å²) >= 11 is 0. The minimum Gasteiger partial charge on any atom is -0.454 e. The summed E-state index contributed by atoms with van der Waals surface area (Å²) in [7, 11) is 0. The molecule has 33 heavy (non-hydrogen) atoms. The normalized spacial score (nSPS) is 13.0. The molecule has 1 N–H and O–H groups in total. The Bertz CT molecular complexity index is 1250. The van der Waals surface area contributed by atoms with Crippen LogP contribution in [0.1, 0.15) is 30.5 Å². The van der Waals surface area contributed by atoms with Gasteiger partial charge in [-0.25, -0.2) is 4.68 Å². The highest BCUT2D eigenvalue weighted by atomic mass is 16.7. The molecule has 3 aromatic carbocycles. The molecule has 0 fully saturated rings. The lowest BCUT2D eigenvalue weighted by Crippen LogP contribution is -2.26. The smallest absolute Gasteiger partial charge is 0.231 e. The van der Waals surface area contributed by atoms with Crippen molar-refractivity contribution < 1.29 is 14.3 Å². The van der Waals surface area contributed by atoms with Crippen LogP contribution >= 0.6 is 0 Å². The lowest BCUT2D eigenvalue weighted by Gasteiger charge is -2.14. The number of hydrogen-bond donors (Lipinski definition) is 1. The highest BCUT2D eigenvalue weighted by molar-refractivity contribution is 5.77. The van der Waals surface area contributed by atoms with Crippen molar-refractivity contribution in [2.24, 2.45) is 0 Å². The Labute approximate surface area is 192 Å². The number of aromatic nitrogens is 2. The molecule has 0 spiro atoms. The molecule has 6 nitrogen and oxygen atoms in total. The number of nitrogens with one attached hydrogen (secondary N) is 1. The van der Waals surface area contributed by atoms with E-state index in [1.54, 1.807) is 0 Å². The molecule has 1 aliphatic rings. The van der Waals surface area contributed by atoms with Crippen molar-refractivity contribution in [2.75, 3.05) is 6.79 Å². The van der Waals surface area contributed by atoms with Gasteiger partial charge >= 0.3 is 0 Å². The second kappa shape index (κ2) is 9.20. The average molecular weight is 440 g/mol. The first kappa shape index (κ1) is 20.8. The average Bonchev–Trinajstić information content (AvgIpc) is 3.50. The molecule has 0 bridgehead atoms. The standard InChI is InChI=1S/C27H25N3O3/c1-19(20-8-4-2-5-9-20)28-26(31)15-13-22-17-30(23-10-6-3-7-11-23)29-27(22)21-12-14-24-25(16-21)33-18-32-24/h2-12,14,16-17,19H,13,15,18H2,1H3,(H,28,31)/t19-/m0/s1. The van der Waals surface area contributed by atoms with Crippen LogP contribution in [0.4, 0.5) is 0 Å². The van der Waals surface area contributed by atoms with E-state index in [1.165, 1.54) is 0 Å². The molecule has 1 aliphatic heterocycles. The lowest BCUT2D eigenvalue weighted by molar-refractivity contribution is -0.121. The van der Waals surface area contributed by atoms with E-state index in [0.29, 0.717) is 18.6 Å². The molecular weight excluding hydrogens is 414 g/mol. The number of ether oxygens (including phenoxy) is 2. The van der Waals surface area contributed by atoms with E-state index in [2.05, 4.69) is 5.32 Å². The first-order valence-electron chi connectivity index (χ1n) is 11.1. The highest BCUT2D eigenvalue weighted by Crippen LogP contribution is 2.36. The van der Waals surface area contributed by atoms with Gasteiger partial charge in [-0.1, -0.05) is 48.5 Å². The molecule has 0 unspecified atom stereocenters. The summed E-state index contributed by atoms with van der Waals surface area (Å²) in [5.41, 5.74) is 4.82. The summed E-state index contributed by atoms with van der Waals surface area (Å²) in [5, 5.41) is 7.95. The topological polar surface area (TPSA) is 65.4 Å². The first-order chi connectivity index (χ1) is 16.2. The van der Waals surface area contributed by atoms with Gasteiger partial charge in [0, 0.05) is 18.2 Å². The van der Waals surface area contributed by atoms with E-state index in [0.717, 1.165) is 33.8 Å². The Kier molecular flexibility index (Phi) is 5.81. The van der Waals surface area contributed by atoms with E-state index < -0.39 is 0 Å². The van der Waals surface area contributed by atoms with Gasteiger partial charge in [-0.15, -0.1) is 0 Å². The van der Waals surface area contributed by atoms with Crippen molar-refractivity contribution in [1.82, 2.24) is 15.1 Å². The monoisotopic (exact) mass is 439 g/mol. The molecule has 0 saturated heterocycles. The van der Waals surface area contributed by atoms with E-state index in [9.17, 15) is 4.79 Å². The maximum absolute atomic E-state index is 12.7. The Morgan fingerprint density at radius 3 is 2.52 bits per heavy atom. The number of rotatable bonds is 7. The molecular formula is C27H25N3O3. The molecule has 166 valence electrons. The van der Waals surface area contributed by atoms with Crippen LogP contribution in [-0.2, 0) is 11.2 Å². The highest BCUT2D eigenvalue weighted by Gasteiger charge is 2.19. The zero-order valence-corrected chi connectivity index (χ0v) is 18.4. The van der Waals surface area contributed by atoms with Gasteiger partial charge in [-0.2, -0.15) is 5.10 Å². The van der Waals surface area contributed by atoms with Crippen LogP contribution < -0.4 is 14.8 Å². The number of hydrogen-bond acceptors (Lipinski definition) is 4. The molecule has 1 amide bonds. The van der Waals surface area contributed by atoms with Gasteiger partial charge in [0.25, 0.3) is 0 Å². The van der Waals surface area contributed by atoms with E-state index in [1.807, 2.05) is 96.7 Å². The second-order valence-corrected chi connectivity index (χ2v) is 8.05. The Morgan fingerprint density at radius 2 is 1.73 bits per heavy atom. The SMILES string of the molecule is C[C@H](NC(=O)CCc1cn(-c2ccccc2)nc1-c1ccc2c(c1)OCO2)c1ccccc1. The van der Waals surface area contributed by atoms with Gasteiger partial charge in [-0.3, -0.25) is 4.79 Å². The number of aryl methyl sites for hydroxylation is 1. The molecule has 2 heterocycles. The largest absolute Gasteiger partial charge is 0.454 e. The second-order valence-electron chi connectivity index (χ2n) is 8.05. The number of benzene rings is 3. The summed E-state index contributed by atoms with van der Waals surface area (Å²) in [6.45, 7) is 2.22. The van der Waals surface area contributed by atoms with E-state index in [-0.39, 0.29) is 18.7 Å². The number of carbonyl (C=O) groups excluding carboxylic acids is 1. The first-order valence-corrected chi connectivity index (χ1v) is 11.1. The van der Waals surface area contributed by atoms with Crippen LogP contribution in [0.15, 0.2) is 85.1 Å². The van der Waals surface area contributed by atoms with Crippen LogP contribution in [0.3, 0.4) is 0 Å². The van der Waals surface area contributed by atoms with Gasteiger partial charge < -0.3 is 14.8 Å². The number of amides is 1. The van der Waals surface area contributed by atoms with Crippen molar-refractivity contribution in [1.29, 1.82) is 0 Å². The fourth-order valence-electron chi connectivity index (χ4n) is 3.98. The number of fused-ring (bicyclic) bond motifs is 1. The maximum atomic E-state index is 12.7. The number of para-hydroxylation sites is 1. The minimum atomic E-state index is -0.0425. The van der Waals surface area contributed by atoms with Crippen LogP contribution in [0.25, 0.3) is 16.9 Å². The van der Waals surface area contributed by atoms with E-state index in [4.69, 9.17) is 14.6 Å². The molecule has 4 aromatic rings. The van der Waals surface area contributed by atoms with Crippen LogP contribution in [0, 0.1) is 0 Å². The summed E-state index contributed by atoms with van der Waals surface area (Å²) in [5.74, 6) is 1.45. The third kappa shape index (κ3) is 4.60. The predicted octanol–water partition coefficient (Wildman–Crippen LogP) is 5.08. The van der Waals surface area contributed by atoms with Crippen molar-refractivity contribution in [3.63, 3.8) is 0 Å². The zero-order valence-electron chi connectivity index (χ0n) is 18.4. The quantitative estimate of drug-likeness (QED) is 0.436. The summed E-state index contributed by atoms with van der Waals surface area (Å²) in [4.78, 5) is 12.7. The summed E-state index contributed by atoms with van der Waals surface area (Å²) in [6.07, 6.45) is 2.95. The third-order valence-electron chi connectivity index (χ3n) is 5.76. The molecule has 5 rings (SSSR count). The minimum absolute atomic E-state index is 0.00968. The van der Waals surface area contributed by atoms with Crippen molar-refractivity contribution in [2.45, 2.75) is 25.8 Å². The molecule has 6 heteroatoms. The molecule has 0 saturated carbocycles. The fraction of sp³-hybridized carbons (Fsp3) is 0.185. The van der Waals surface area contributed by atoms with Crippen molar-refractivity contribution >= 4 is 5.91 Å². The van der Waals surface area contributed by atoms with Crippen LogP contribution in [0.5, 0.6) is 11.5 Å². The van der Waals surface area contributed by atoms with Gasteiger partial charge in [0.15, 0.2) is 11.5 Å². The molecule has 0 radical (unpaired) electrons. The maximum Gasteiger partial charge on any atom is 0.231 e. The summed E-state index contributed by atoms with van der Waals surface area (Å²) < 4.78 is 12.9. The Hall–Kier alpha value is -4.06. The van der Waals surface area contributed by atoms with Gasteiger partial charge in [0.2, 0.25) is 12.7 Å². The predicted molar refractivity (Wildman–Crippen MR) is 126 cm³/mol. The van der Waals surface area contributed by atoms with Crippen molar-refractivity contribution in [3.05, 3.63) is 96.2 Å². The molecule has 1 atom stereocenters. The van der Waals surface area contributed by atoms with Gasteiger partial charge in [0.05, 0.1) is 17.4 Å². The number of carbonyl (C=O) groups is 1. The Balaban J connectivity index is 1.37. The van der Waals surface area contributed by atoms with Gasteiger partial charge in [-0.05, 0) is 54.8 Å². The van der Waals surface area contributed by atoms with Crippen LogP contribution in [-0.4, -0.2) is 22.5 Å². The third-order valence-corrected chi connectivity index (χ3v) is 5.76. The Morgan fingerprint density at radius 1 is 1.00 bits per heavy atom. The molecule has 1 aromatic heterocycles. The zero-order chi connectivity index (χ0) is 22.6. The van der Waals surface area contributed by atoms with E-state index >= 15 is 0 Å².